The SMILES string of the molecule is CNC(=O)C(C)N(Cc1ccc(Cl)cc1Cl)C(=O)CN(c1ccccc1)S(=O)(=O)c1ccccc1. The fourth-order valence-corrected chi connectivity index (χ4v) is 5.37. The van der Waals surface area contributed by atoms with Crippen LogP contribution in [0.15, 0.2) is 83.8 Å². The minimum Gasteiger partial charge on any atom is -0.357 e. The van der Waals surface area contributed by atoms with E-state index in [1.807, 2.05) is 0 Å². The van der Waals surface area contributed by atoms with Gasteiger partial charge >= 0.3 is 0 Å². The zero-order valence-corrected chi connectivity index (χ0v) is 21.5. The summed E-state index contributed by atoms with van der Waals surface area (Å²) in [5.74, 6) is -0.976. The Hall–Kier alpha value is -3.07. The van der Waals surface area contributed by atoms with E-state index in [4.69, 9.17) is 23.2 Å². The van der Waals surface area contributed by atoms with E-state index in [9.17, 15) is 18.0 Å². The molecule has 1 unspecified atom stereocenters. The minimum absolute atomic E-state index is 0.0164. The highest BCUT2D eigenvalue weighted by molar-refractivity contribution is 7.92. The smallest absolute Gasteiger partial charge is 0.264 e. The van der Waals surface area contributed by atoms with Gasteiger partial charge in [-0.1, -0.05) is 65.7 Å². The van der Waals surface area contributed by atoms with Crippen LogP contribution in [0.5, 0.6) is 0 Å². The van der Waals surface area contributed by atoms with E-state index in [1.165, 1.54) is 24.1 Å². The third-order valence-corrected chi connectivity index (χ3v) is 7.80. The molecule has 0 fully saturated rings. The third kappa shape index (κ3) is 6.33. The molecule has 2 amide bonds. The first kappa shape index (κ1) is 26.5. The van der Waals surface area contributed by atoms with Crippen molar-refractivity contribution in [1.82, 2.24) is 10.2 Å². The highest BCUT2D eigenvalue weighted by Gasteiger charge is 2.32. The molecular weight excluding hydrogens is 509 g/mol. The van der Waals surface area contributed by atoms with Crippen molar-refractivity contribution in [3.05, 3.63) is 94.5 Å². The quantitative estimate of drug-likeness (QED) is 0.442. The number of para-hydroxylation sites is 1. The van der Waals surface area contributed by atoms with Gasteiger partial charge in [-0.05, 0) is 48.9 Å². The van der Waals surface area contributed by atoms with Crippen LogP contribution in [0, 0.1) is 0 Å². The van der Waals surface area contributed by atoms with Crippen LogP contribution in [0.25, 0.3) is 0 Å². The van der Waals surface area contributed by atoms with E-state index in [2.05, 4.69) is 5.32 Å². The lowest BCUT2D eigenvalue weighted by atomic mass is 10.1. The number of nitrogens with zero attached hydrogens (tertiary/aromatic N) is 2. The predicted molar refractivity (Wildman–Crippen MR) is 138 cm³/mol. The second-order valence-electron chi connectivity index (χ2n) is 7.71. The normalized spacial score (nSPS) is 12.0. The molecule has 0 saturated carbocycles. The Morgan fingerprint density at radius 3 is 2.11 bits per heavy atom. The molecule has 184 valence electrons. The number of sulfonamides is 1. The summed E-state index contributed by atoms with van der Waals surface area (Å²) in [6, 6.07) is 20.1. The van der Waals surface area contributed by atoms with E-state index in [0.717, 1.165) is 4.31 Å². The lowest BCUT2D eigenvalue weighted by Gasteiger charge is -2.32. The van der Waals surface area contributed by atoms with Gasteiger partial charge in [-0.25, -0.2) is 8.42 Å². The molecule has 7 nitrogen and oxygen atoms in total. The van der Waals surface area contributed by atoms with Gasteiger partial charge in [-0.3, -0.25) is 13.9 Å². The molecule has 0 aliphatic carbocycles. The second-order valence-corrected chi connectivity index (χ2v) is 10.4. The van der Waals surface area contributed by atoms with Gasteiger partial charge < -0.3 is 10.2 Å². The molecule has 0 aromatic heterocycles. The number of hydrogen-bond acceptors (Lipinski definition) is 4. The highest BCUT2D eigenvalue weighted by atomic mass is 35.5. The summed E-state index contributed by atoms with van der Waals surface area (Å²) in [6.45, 7) is 1.03. The predicted octanol–water partition coefficient (Wildman–Crippen LogP) is 4.35. The van der Waals surface area contributed by atoms with Crippen molar-refractivity contribution in [2.45, 2.75) is 24.4 Å². The number of carbonyl (C=O) groups excluding carboxylic acids is 2. The molecule has 0 heterocycles. The maximum absolute atomic E-state index is 13.6. The van der Waals surface area contributed by atoms with Gasteiger partial charge in [-0.2, -0.15) is 0 Å². The van der Waals surface area contributed by atoms with E-state index < -0.39 is 34.4 Å². The molecule has 0 aliphatic rings. The van der Waals surface area contributed by atoms with Crippen LogP contribution in [0.2, 0.25) is 10.0 Å². The molecule has 3 aromatic carbocycles. The number of rotatable bonds is 9. The molecule has 0 bridgehead atoms. The highest BCUT2D eigenvalue weighted by Crippen LogP contribution is 2.26. The molecule has 0 spiro atoms. The molecule has 3 rings (SSSR count). The fourth-order valence-electron chi connectivity index (χ4n) is 3.47. The average molecular weight is 534 g/mol. The Morgan fingerprint density at radius 2 is 1.54 bits per heavy atom. The van der Waals surface area contributed by atoms with Gasteiger partial charge in [-0.15, -0.1) is 0 Å². The Morgan fingerprint density at radius 1 is 0.943 bits per heavy atom. The number of hydrogen-bond donors (Lipinski definition) is 1. The molecule has 35 heavy (non-hydrogen) atoms. The Balaban J connectivity index is 2.01. The summed E-state index contributed by atoms with van der Waals surface area (Å²) < 4.78 is 28.1. The number of carbonyl (C=O) groups is 2. The number of anilines is 1. The van der Waals surface area contributed by atoms with Gasteiger partial charge in [0.15, 0.2) is 0 Å². The maximum atomic E-state index is 13.6. The lowest BCUT2D eigenvalue weighted by molar-refractivity contribution is -0.139. The van der Waals surface area contributed by atoms with Gasteiger partial charge in [0.1, 0.15) is 12.6 Å². The van der Waals surface area contributed by atoms with Crippen molar-refractivity contribution in [3.8, 4) is 0 Å². The first-order valence-corrected chi connectivity index (χ1v) is 12.9. The van der Waals surface area contributed by atoms with Crippen LogP contribution >= 0.6 is 23.2 Å². The molecular formula is C25H25Cl2N3O4S. The molecule has 0 saturated heterocycles. The summed E-state index contributed by atoms with van der Waals surface area (Å²) in [6.07, 6.45) is 0. The molecule has 1 N–H and O–H groups in total. The number of halogens is 2. The summed E-state index contributed by atoms with van der Waals surface area (Å²) in [4.78, 5) is 27.4. The Bertz CT molecular complexity index is 1290. The number of nitrogens with one attached hydrogen (secondary N) is 1. The summed E-state index contributed by atoms with van der Waals surface area (Å²) >= 11 is 12.3. The standard InChI is InChI=1S/C25H25Cl2N3O4S/c1-18(25(32)28-2)29(16-19-13-14-20(26)15-23(19)27)24(31)17-30(21-9-5-3-6-10-21)35(33,34)22-11-7-4-8-12-22/h3-15,18H,16-17H2,1-2H3,(H,28,32). The monoisotopic (exact) mass is 533 g/mol. The number of likely N-dealkylation sites (N-methyl/N-ethyl adjacent to an activating group) is 1. The first-order valence-electron chi connectivity index (χ1n) is 10.7. The van der Waals surface area contributed by atoms with E-state index in [0.29, 0.717) is 21.3 Å². The number of benzene rings is 3. The van der Waals surface area contributed by atoms with Crippen molar-refractivity contribution in [2.75, 3.05) is 17.9 Å². The largest absolute Gasteiger partial charge is 0.357 e. The minimum atomic E-state index is -4.08. The van der Waals surface area contributed by atoms with Gasteiger partial charge in [0, 0.05) is 23.6 Å². The Labute approximate surface area is 215 Å². The van der Waals surface area contributed by atoms with Crippen molar-refractivity contribution in [3.63, 3.8) is 0 Å². The van der Waals surface area contributed by atoms with Crippen molar-refractivity contribution >= 4 is 50.7 Å². The fraction of sp³-hybridized carbons (Fsp3) is 0.200. The molecule has 3 aromatic rings. The van der Waals surface area contributed by atoms with Crippen molar-refractivity contribution in [1.29, 1.82) is 0 Å². The molecule has 1 atom stereocenters. The van der Waals surface area contributed by atoms with Crippen molar-refractivity contribution < 1.29 is 18.0 Å². The van der Waals surface area contributed by atoms with Crippen LogP contribution in [-0.4, -0.2) is 44.8 Å². The van der Waals surface area contributed by atoms with Gasteiger partial charge in [0.05, 0.1) is 10.6 Å². The van der Waals surface area contributed by atoms with Crippen molar-refractivity contribution in [2.24, 2.45) is 0 Å². The summed E-state index contributed by atoms with van der Waals surface area (Å²) in [7, 11) is -2.61. The lowest BCUT2D eigenvalue weighted by Crippen LogP contribution is -2.50. The first-order chi connectivity index (χ1) is 16.6. The summed E-state index contributed by atoms with van der Waals surface area (Å²) in [5.41, 5.74) is 0.888. The van der Waals surface area contributed by atoms with Crippen LogP contribution in [-0.2, 0) is 26.2 Å². The van der Waals surface area contributed by atoms with Gasteiger partial charge in [0.2, 0.25) is 11.8 Å². The number of amides is 2. The molecule has 0 radical (unpaired) electrons. The second kappa shape index (κ2) is 11.6. The summed E-state index contributed by atoms with van der Waals surface area (Å²) in [5, 5.41) is 3.29. The maximum Gasteiger partial charge on any atom is 0.264 e. The van der Waals surface area contributed by atoms with Crippen LogP contribution in [0.3, 0.4) is 0 Å². The van der Waals surface area contributed by atoms with Crippen LogP contribution in [0.4, 0.5) is 5.69 Å². The Kier molecular flexibility index (Phi) is 8.77. The average Bonchev–Trinajstić information content (AvgIpc) is 2.86. The zero-order chi connectivity index (χ0) is 25.6. The van der Waals surface area contributed by atoms with Crippen LogP contribution in [0.1, 0.15) is 12.5 Å². The zero-order valence-electron chi connectivity index (χ0n) is 19.2. The van der Waals surface area contributed by atoms with E-state index in [1.54, 1.807) is 73.7 Å². The topological polar surface area (TPSA) is 86.8 Å². The molecule has 10 heteroatoms. The van der Waals surface area contributed by atoms with Gasteiger partial charge in [0.25, 0.3) is 10.0 Å². The van der Waals surface area contributed by atoms with E-state index >= 15 is 0 Å². The van der Waals surface area contributed by atoms with E-state index in [-0.39, 0.29) is 11.4 Å². The van der Waals surface area contributed by atoms with Crippen LogP contribution < -0.4 is 9.62 Å². The molecule has 0 aliphatic heterocycles. The third-order valence-electron chi connectivity index (χ3n) is 5.42.